The van der Waals surface area contributed by atoms with E-state index in [1.54, 1.807) is 23.7 Å². The van der Waals surface area contributed by atoms with Crippen LogP contribution < -0.4 is 4.73 Å². The highest BCUT2D eigenvalue weighted by Gasteiger charge is 2.16. The van der Waals surface area contributed by atoms with Crippen LogP contribution in [0.5, 0.6) is 0 Å². The normalized spacial score (nSPS) is 11.0. The molecule has 3 heterocycles. The first kappa shape index (κ1) is 10.6. The average molecular weight is 242 g/mol. The molecule has 0 spiro atoms. The van der Waals surface area contributed by atoms with Gasteiger partial charge in [0, 0.05) is 13.1 Å². The quantitative estimate of drug-likeness (QED) is 0.456. The van der Waals surface area contributed by atoms with Crippen LogP contribution in [0.2, 0.25) is 0 Å². The summed E-state index contributed by atoms with van der Waals surface area (Å²) in [7, 11) is 0. The molecule has 0 amide bonds. The molecule has 0 saturated heterocycles. The Morgan fingerprint density at radius 1 is 1.28 bits per heavy atom. The third kappa shape index (κ3) is 1.48. The van der Waals surface area contributed by atoms with E-state index in [0.29, 0.717) is 17.2 Å². The molecule has 7 nitrogen and oxygen atoms in total. The van der Waals surface area contributed by atoms with E-state index < -0.39 is 0 Å². The summed E-state index contributed by atoms with van der Waals surface area (Å²) in [6.45, 7) is 3.59. The van der Waals surface area contributed by atoms with Crippen LogP contribution in [0.4, 0.5) is 0 Å². The van der Waals surface area contributed by atoms with Gasteiger partial charge in [-0.05, 0) is 13.0 Å². The lowest BCUT2D eigenvalue weighted by molar-refractivity contribution is -0.615. The Kier molecular flexibility index (Phi) is 2.19. The van der Waals surface area contributed by atoms with Crippen LogP contribution in [0, 0.1) is 19.1 Å². The number of rotatable bonds is 1. The molecule has 0 atom stereocenters. The molecule has 0 aliphatic carbocycles. The van der Waals surface area contributed by atoms with Gasteiger partial charge in [0.15, 0.2) is 5.69 Å². The summed E-state index contributed by atoms with van der Waals surface area (Å²) >= 11 is 0. The van der Waals surface area contributed by atoms with Gasteiger partial charge in [-0.3, -0.25) is 0 Å². The van der Waals surface area contributed by atoms with Crippen LogP contribution in [-0.4, -0.2) is 24.6 Å². The fraction of sp³-hybridized carbons (Fsp3) is 0.182. The minimum absolute atomic E-state index is 0.493. The third-order valence-corrected chi connectivity index (χ3v) is 2.81. The minimum Gasteiger partial charge on any atom is -0.711 e. The van der Waals surface area contributed by atoms with Crippen LogP contribution in [0.25, 0.3) is 17.0 Å². The molecular formula is C11H10N6O. The van der Waals surface area contributed by atoms with Gasteiger partial charge in [-0.15, -0.1) is 0 Å². The van der Waals surface area contributed by atoms with Crippen molar-refractivity contribution in [1.82, 2.24) is 24.6 Å². The van der Waals surface area contributed by atoms with Crippen LogP contribution >= 0.6 is 0 Å². The Hall–Kier alpha value is -2.57. The van der Waals surface area contributed by atoms with Crippen molar-refractivity contribution in [1.29, 1.82) is 0 Å². The van der Waals surface area contributed by atoms with Crippen molar-refractivity contribution < 1.29 is 4.73 Å². The number of aromatic nitrogens is 6. The van der Waals surface area contributed by atoms with Gasteiger partial charge in [-0.2, -0.15) is 10.1 Å². The maximum Gasteiger partial charge on any atom is 0.289 e. The smallest absolute Gasteiger partial charge is 0.289 e. The number of hydrogen-bond acceptors (Lipinski definition) is 5. The summed E-state index contributed by atoms with van der Waals surface area (Å²) in [4.78, 5) is 12.4. The number of hydrogen-bond donors (Lipinski definition) is 0. The summed E-state index contributed by atoms with van der Waals surface area (Å²) in [5.74, 6) is 0.493. The van der Waals surface area contributed by atoms with Gasteiger partial charge in [0.1, 0.15) is 12.0 Å². The molecule has 0 N–H and O–H groups in total. The van der Waals surface area contributed by atoms with Gasteiger partial charge in [0.05, 0.1) is 11.3 Å². The first-order chi connectivity index (χ1) is 8.66. The van der Waals surface area contributed by atoms with Gasteiger partial charge in [0.25, 0.3) is 12.1 Å². The predicted molar refractivity (Wildman–Crippen MR) is 62.4 cm³/mol. The lowest BCUT2D eigenvalue weighted by atomic mass is 10.1. The van der Waals surface area contributed by atoms with E-state index in [1.807, 2.05) is 6.92 Å². The molecule has 3 aromatic heterocycles. The van der Waals surface area contributed by atoms with E-state index >= 15 is 0 Å². The highest BCUT2D eigenvalue weighted by atomic mass is 16.5. The Morgan fingerprint density at radius 2 is 2.11 bits per heavy atom. The first-order valence-corrected chi connectivity index (χ1v) is 5.39. The molecular weight excluding hydrogens is 232 g/mol. The number of aryl methyl sites for hydroxylation is 1. The van der Waals surface area contributed by atoms with Crippen LogP contribution in [0.1, 0.15) is 11.4 Å². The van der Waals surface area contributed by atoms with Gasteiger partial charge in [-0.1, -0.05) is 4.98 Å². The highest BCUT2D eigenvalue weighted by Crippen LogP contribution is 2.21. The standard InChI is InChI=1S/C11H10N6O/c1-7-10(8(2)17(18)6-13-7)9-3-4-16-11(15-9)12-5-14-16/h3-6H,1-2H3. The zero-order chi connectivity index (χ0) is 12.7. The zero-order valence-electron chi connectivity index (χ0n) is 9.90. The fourth-order valence-electron chi connectivity index (χ4n) is 1.89. The molecule has 90 valence electrons. The molecule has 0 fully saturated rings. The molecule has 3 rings (SSSR count). The topological polar surface area (TPSA) is 82.9 Å². The second-order valence-electron chi connectivity index (χ2n) is 3.93. The molecule has 0 bridgehead atoms. The zero-order valence-corrected chi connectivity index (χ0v) is 9.90. The Labute approximate surface area is 102 Å². The van der Waals surface area contributed by atoms with Crippen molar-refractivity contribution in [3.63, 3.8) is 0 Å². The largest absolute Gasteiger partial charge is 0.711 e. The van der Waals surface area contributed by atoms with Crippen LogP contribution in [0.15, 0.2) is 24.9 Å². The van der Waals surface area contributed by atoms with E-state index in [1.165, 1.54) is 12.7 Å². The molecule has 0 aliphatic heterocycles. The number of nitrogens with zero attached hydrogens (tertiary/aromatic N) is 6. The molecule has 7 heteroatoms. The maximum absolute atomic E-state index is 11.6. The first-order valence-electron chi connectivity index (χ1n) is 5.39. The molecule has 0 saturated carbocycles. The van der Waals surface area contributed by atoms with E-state index in [9.17, 15) is 5.21 Å². The lowest BCUT2D eigenvalue weighted by Crippen LogP contribution is -2.31. The van der Waals surface area contributed by atoms with Crippen molar-refractivity contribution in [2.24, 2.45) is 0 Å². The van der Waals surface area contributed by atoms with E-state index in [4.69, 9.17) is 0 Å². The molecule has 0 unspecified atom stereocenters. The van der Waals surface area contributed by atoms with Crippen molar-refractivity contribution in [2.45, 2.75) is 13.8 Å². The lowest BCUT2D eigenvalue weighted by Gasteiger charge is -2.09. The molecule has 3 aromatic rings. The summed E-state index contributed by atoms with van der Waals surface area (Å²) < 4.78 is 2.30. The highest BCUT2D eigenvalue weighted by molar-refractivity contribution is 5.64. The van der Waals surface area contributed by atoms with Gasteiger partial charge >= 0.3 is 0 Å². The Morgan fingerprint density at radius 3 is 2.94 bits per heavy atom. The maximum atomic E-state index is 11.6. The fourth-order valence-corrected chi connectivity index (χ4v) is 1.89. The average Bonchev–Trinajstić information content (AvgIpc) is 2.82. The molecule has 0 aromatic carbocycles. The van der Waals surface area contributed by atoms with E-state index in [-0.39, 0.29) is 0 Å². The molecule has 0 radical (unpaired) electrons. The predicted octanol–water partition coefficient (Wildman–Crippen LogP) is 0.437. The molecule has 18 heavy (non-hydrogen) atoms. The van der Waals surface area contributed by atoms with E-state index in [0.717, 1.165) is 16.0 Å². The summed E-state index contributed by atoms with van der Waals surface area (Å²) in [6.07, 6.45) is 4.44. The van der Waals surface area contributed by atoms with Gasteiger partial charge in [-0.25, -0.2) is 14.2 Å². The second-order valence-corrected chi connectivity index (χ2v) is 3.93. The second kappa shape index (κ2) is 3.73. The van der Waals surface area contributed by atoms with Crippen LogP contribution in [0.3, 0.4) is 0 Å². The van der Waals surface area contributed by atoms with Crippen molar-refractivity contribution in [3.05, 3.63) is 41.5 Å². The Balaban J connectivity index is 2.28. The minimum atomic E-state index is 0.493. The van der Waals surface area contributed by atoms with Crippen molar-refractivity contribution in [2.75, 3.05) is 0 Å². The molecule has 0 aliphatic rings. The summed E-state index contributed by atoms with van der Waals surface area (Å²) in [5.41, 5.74) is 2.73. The summed E-state index contributed by atoms with van der Waals surface area (Å²) in [5, 5.41) is 15.5. The summed E-state index contributed by atoms with van der Waals surface area (Å²) in [6, 6.07) is 1.79. The Bertz CT molecular complexity index is 735. The number of fused-ring (bicyclic) bond motifs is 1. The third-order valence-electron chi connectivity index (χ3n) is 2.81. The van der Waals surface area contributed by atoms with Crippen LogP contribution in [-0.2, 0) is 0 Å². The van der Waals surface area contributed by atoms with Crippen molar-refractivity contribution >= 4 is 5.78 Å². The SMILES string of the molecule is Cc1nc[n+]([O-])c(C)c1-c1ccn2ncnc2n1. The van der Waals surface area contributed by atoms with Crippen molar-refractivity contribution in [3.8, 4) is 11.3 Å². The van der Waals surface area contributed by atoms with Gasteiger partial charge < -0.3 is 5.21 Å². The monoisotopic (exact) mass is 242 g/mol. The van der Waals surface area contributed by atoms with E-state index in [2.05, 4.69) is 20.1 Å². The van der Waals surface area contributed by atoms with Gasteiger partial charge in [0.2, 0.25) is 0 Å².